The minimum absolute atomic E-state index is 0.0304. The molecule has 0 heterocycles. The Bertz CT molecular complexity index is 1670. The first-order valence-electron chi connectivity index (χ1n) is 15.9. The van der Waals surface area contributed by atoms with Crippen molar-refractivity contribution in [2.45, 2.75) is 90.0 Å². The van der Waals surface area contributed by atoms with E-state index in [1.807, 2.05) is 83.5 Å². The van der Waals surface area contributed by atoms with E-state index in [2.05, 4.69) is 10.6 Å². The molecule has 0 aliphatic carbocycles. The van der Waals surface area contributed by atoms with Gasteiger partial charge < -0.3 is 20.9 Å². The first-order valence-corrected chi connectivity index (χ1v) is 17.4. The van der Waals surface area contributed by atoms with Crippen LogP contribution >= 0.6 is 0 Å². The van der Waals surface area contributed by atoms with Gasteiger partial charge in [0, 0.05) is 23.7 Å². The van der Waals surface area contributed by atoms with Crippen molar-refractivity contribution in [2.24, 2.45) is 11.3 Å². The Morgan fingerprint density at radius 1 is 0.860 bits per heavy atom. The zero-order valence-corrected chi connectivity index (χ0v) is 30.8. The number of carbonyl (C=O) groups is 4. The monoisotopic (exact) mass is 723 g/mol. The number of alkyl halides is 3. The lowest BCUT2D eigenvalue weighted by molar-refractivity contribution is -0.167. The number of anilines is 1. The highest BCUT2D eigenvalue weighted by atomic mass is 32.2. The van der Waals surface area contributed by atoms with Crippen molar-refractivity contribution in [1.29, 1.82) is 0 Å². The number of hydrogen-bond acceptors (Lipinski definition) is 7. The van der Waals surface area contributed by atoms with E-state index in [9.17, 15) is 40.8 Å². The summed E-state index contributed by atoms with van der Waals surface area (Å²) in [5.41, 5.74) is -0.772. The Morgan fingerprint density at radius 3 is 1.86 bits per heavy atom. The summed E-state index contributed by atoms with van der Waals surface area (Å²) in [6.07, 6.45) is -3.67. The van der Waals surface area contributed by atoms with E-state index in [1.54, 1.807) is 19.4 Å². The molecular formula is C35H48F3N5O6S. The maximum Gasteiger partial charge on any atom is 0.471 e. The highest BCUT2D eigenvalue weighted by molar-refractivity contribution is 7.90. The lowest BCUT2D eigenvalue weighted by atomic mass is 9.76. The van der Waals surface area contributed by atoms with Crippen molar-refractivity contribution >= 4 is 39.3 Å². The van der Waals surface area contributed by atoms with Gasteiger partial charge in [-0.2, -0.15) is 13.2 Å². The number of benzene rings is 2. The third-order valence-electron chi connectivity index (χ3n) is 8.35. The van der Waals surface area contributed by atoms with Crippen LogP contribution in [-0.4, -0.2) is 75.3 Å². The van der Waals surface area contributed by atoms with Crippen molar-refractivity contribution in [2.75, 3.05) is 19.4 Å². The summed E-state index contributed by atoms with van der Waals surface area (Å²) in [6.45, 7) is 14.3. The molecule has 2 aromatic carbocycles. The van der Waals surface area contributed by atoms with Gasteiger partial charge >= 0.3 is 12.1 Å². The molecule has 2 aromatic rings. The fourth-order valence-electron chi connectivity index (χ4n) is 5.34. The number of hydrogen-bond donors (Lipinski definition) is 4. The number of carbonyl (C=O) groups excluding carboxylic acids is 4. The topological polar surface area (TPSA) is 154 Å². The van der Waals surface area contributed by atoms with Crippen LogP contribution in [-0.2, 0) is 34.6 Å². The number of halogens is 3. The normalized spacial score (nSPS) is 14.7. The van der Waals surface area contributed by atoms with Gasteiger partial charge in [0.25, 0.3) is 15.9 Å². The Morgan fingerprint density at radius 2 is 1.40 bits per heavy atom. The van der Waals surface area contributed by atoms with E-state index >= 15 is 0 Å². The SMILES string of the molecule is CN[C@H](C(=O)N[C@H](C(=O)N(C)[C@H](C=C(C)C(=O)NS(=O)(=O)c1ccc(NC(=O)C(F)(F)F)cc1)C(C)C)C(C)(C)C)C(C)(C)c1ccccc1. The van der Waals surface area contributed by atoms with Gasteiger partial charge in [0.15, 0.2) is 0 Å². The molecule has 4 amide bonds. The number of likely N-dealkylation sites (N-methyl/N-ethyl adjacent to an activating group) is 2. The Kier molecular flexibility index (Phi) is 13.6. The summed E-state index contributed by atoms with van der Waals surface area (Å²) in [5.74, 6) is -4.27. The van der Waals surface area contributed by atoms with Crippen molar-refractivity contribution in [3.8, 4) is 0 Å². The predicted octanol–water partition coefficient (Wildman–Crippen LogP) is 4.52. The zero-order valence-electron chi connectivity index (χ0n) is 30.0. The maximum absolute atomic E-state index is 14.1. The Hall–Kier alpha value is -4.24. The summed E-state index contributed by atoms with van der Waals surface area (Å²) in [6, 6.07) is 10.9. The van der Waals surface area contributed by atoms with Crippen molar-refractivity contribution in [1.82, 2.24) is 20.3 Å². The van der Waals surface area contributed by atoms with Crippen LogP contribution in [0.15, 0.2) is 71.1 Å². The fraction of sp³-hybridized carbons (Fsp3) is 0.486. The Balaban J connectivity index is 2.29. The average Bonchev–Trinajstić information content (AvgIpc) is 3.01. The molecule has 50 heavy (non-hydrogen) atoms. The summed E-state index contributed by atoms with van der Waals surface area (Å²) in [4.78, 5) is 53.1. The smallest absolute Gasteiger partial charge is 0.342 e. The quantitative estimate of drug-likeness (QED) is 0.222. The van der Waals surface area contributed by atoms with Gasteiger partial charge in [-0.3, -0.25) is 19.2 Å². The van der Waals surface area contributed by atoms with Crippen LogP contribution in [0.2, 0.25) is 0 Å². The summed E-state index contributed by atoms with van der Waals surface area (Å²) < 4.78 is 65.3. The highest BCUT2D eigenvalue weighted by Gasteiger charge is 2.42. The van der Waals surface area contributed by atoms with E-state index in [1.165, 1.54) is 17.9 Å². The van der Waals surface area contributed by atoms with E-state index in [0.717, 1.165) is 29.8 Å². The molecule has 2 rings (SSSR count). The van der Waals surface area contributed by atoms with Gasteiger partial charge in [0.05, 0.1) is 17.0 Å². The number of nitrogens with one attached hydrogen (secondary N) is 4. The maximum atomic E-state index is 14.1. The molecule has 276 valence electrons. The average molecular weight is 724 g/mol. The molecule has 0 unspecified atom stereocenters. The number of amides is 4. The second-order valence-corrected chi connectivity index (χ2v) is 15.7. The van der Waals surface area contributed by atoms with Gasteiger partial charge in [-0.15, -0.1) is 0 Å². The molecular weight excluding hydrogens is 675 g/mol. The lowest BCUT2D eigenvalue weighted by Crippen LogP contribution is -2.61. The molecule has 3 atom stereocenters. The van der Waals surface area contributed by atoms with Crippen LogP contribution < -0.4 is 20.7 Å². The zero-order chi connectivity index (χ0) is 38.4. The molecule has 0 spiro atoms. The van der Waals surface area contributed by atoms with Crippen LogP contribution in [0.25, 0.3) is 0 Å². The van der Waals surface area contributed by atoms with Gasteiger partial charge in [0.2, 0.25) is 11.8 Å². The molecule has 0 aliphatic rings. The second kappa shape index (κ2) is 16.2. The predicted molar refractivity (Wildman–Crippen MR) is 185 cm³/mol. The van der Waals surface area contributed by atoms with Crippen molar-refractivity contribution in [3.63, 3.8) is 0 Å². The summed E-state index contributed by atoms with van der Waals surface area (Å²) >= 11 is 0. The highest BCUT2D eigenvalue weighted by Crippen LogP contribution is 2.29. The van der Waals surface area contributed by atoms with Crippen LogP contribution in [0.3, 0.4) is 0 Å². The largest absolute Gasteiger partial charge is 0.471 e. The van der Waals surface area contributed by atoms with E-state index in [4.69, 9.17) is 0 Å². The standard InChI is InChI=1S/C35H48F3N5O6S/c1-21(2)26(20-22(3)29(44)42-50(48,49)25-18-16-24(17-19-25)40-32(47)35(36,37)38)43(10)31(46)28(33(4,5)6)41-30(45)27(39-9)34(7,8)23-14-12-11-13-15-23/h11-21,26-28,39H,1-10H3,(H,40,47)(H,41,45)(H,42,44)/t26-,27-,28-/m1/s1. The molecule has 0 saturated carbocycles. The molecule has 0 radical (unpaired) electrons. The van der Waals surface area contributed by atoms with Crippen LogP contribution in [0.1, 0.15) is 61.0 Å². The van der Waals surface area contributed by atoms with Crippen LogP contribution in [0.5, 0.6) is 0 Å². The fourth-order valence-corrected chi connectivity index (χ4v) is 6.36. The number of rotatable bonds is 13. The molecule has 0 bridgehead atoms. The van der Waals surface area contributed by atoms with Gasteiger partial charge in [0.1, 0.15) is 6.04 Å². The van der Waals surface area contributed by atoms with Gasteiger partial charge in [-0.1, -0.05) is 84.9 Å². The Labute approximate surface area is 292 Å². The van der Waals surface area contributed by atoms with E-state index in [0.29, 0.717) is 0 Å². The molecule has 0 saturated heterocycles. The van der Waals surface area contributed by atoms with Gasteiger partial charge in [-0.25, -0.2) is 13.1 Å². The van der Waals surface area contributed by atoms with Crippen molar-refractivity contribution in [3.05, 3.63) is 71.8 Å². The minimum Gasteiger partial charge on any atom is -0.342 e. The van der Waals surface area contributed by atoms with Gasteiger partial charge in [-0.05, 0) is 55.1 Å². The van der Waals surface area contributed by atoms with Crippen LogP contribution in [0, 0.1) is 11.3 Å². The molecule has 15 heteroatoms. The minimum atomic E-state index is -5.13. The van der Waals surface area contributed by atoms with E-state index < -0.39 is 67.8 Å². The first kappa shape index (κ1) is 41.9. The van der Waals surface area contributed by atoms with E-state index in [-0.39, 0.29) is 23.1 Å². The summed E-state index contributed by atoms with van der Waals surface area (Å²) in [7, 11) is -1.25. The van der Waals surface area contributed by atoms with Crippen LogP contribution in [0.4, 0.5) is 18.9 Å². The molecule has 0 fully saturated rings. The number of sulfonamides is 1. The molecule has 4 N–H and O–H groups in total. The number of nitrogens with zero attached hydrogens (tertiary/aromatic N) is 1. The molecule has 0 aliphatic heterocycles. The molecule has 0 aromatic heterocycles. The third-order valence-corrected chi connectivity index (χ3v) is 9.70. The molecule has 11 nitrogen and oxygen atoms in total. The summed E-state index contributed by atoms with van der Waals surface area (Å²) in [5, 5.41) is 7.65. The third kappa shape index (κ3) is 10.6. The first-order chi connectivity index (χ1) is 22.8. The van der Waals surface area contributed by atoms with Crippen molar-refractivity contribution < 1.29 is 40.8 Å². The second-order valence-electron chi connectivity index (χ2n) is 14.1. The lowest BCUT2D eigenvalue weighted by Gasteiger charge is -2.40.